The van der Waals surface area contributed by atoms with Crippen molar-refractivity contribution in [1.82, 2.24) is 0 Å². The Balaban J connectivity index is 2.19. The Morgan fingerprint density at radius 1 is 1.50 bits per heavy atom. The highest BCUT2D eigenvalue weighted by molar-refractivity contribution is 5.61. The van der Waals surface area contributed by atoms with E-state index in [0.717, 1.165) is 18.3 Å². The zero-order valence-corrected chi connectivity index (χ0v) is 6.60. The van der Waals surface area contributed by atoms with Gasteiger partial charge in [-0.1, -0.05) is 12.1 Å². The molecular formula is C10H10O2. The Labute approximate surface area is 70.8 Å². The highest BCUT2D eigenvalue weighted by Crippen LogP contribution is 2.46. The van der Waals surface area contributed by atoms with E-state index < -0.39 is 0 Å². The maximum absolute atomic E-state index is 10.4. The number of hydrogen-bond acceptors (Lipinski definition) is 2. The normalized spacial score (nSPS) is 26.7. The van der Waals surface area contributed by atoms with E-state index >= 15 is 0 Å². The molecule has 1 fully saturated rings. The van der Waals surface area contributed by atoms with Crippen molar-refractivity contribution in [3.05, 3.63) is 29.8 Å². The zero-order valence-electron chi connectivity index (χ0n) is 6.60. The maximum Gasteiger partial charge on any atom is 0.123 e. The van der Waals surface area contributed by atoms with Crippen LogP contribution >= 0.6 is 0 Å². The monoisotopic (exact) mass is 162 g/mol. The van der Waals surface area contributed by atoms with Crippen LogP contribution in [-0.4, -0.2) is 11.4 Å². The van der Waals surface area contributed by atoms with E-state index in [2.05, 4.69) is 0 Å². The van der Waals surface area contributed by atoms with E-state index in [0.29, 0.717) is 5.92 Å². The van der Waals surface area contributed by atoms with E-state index in [9.17, 15) is 4.79 Å². The molecule has 12 heavy (non-hydrogen) atoms. The summed E-state index contributed by atoms with van der Waals surface area (Å²) in [5.41, 5.74) is 1.08. The van der Waals surface area contributed by atoms with Crippen molar-refractivity contribution in [2.24, 2.45) is 5.92 Å². The van der Waals surface area contributed by atoms with Gasteiger partial charge in [-0.15, -0.1) is 0 Å². The molecule has 0 aromatic heterocycles. The summed E-state index contributed by atoms with van der Waals surface area (Å²) in [6.07, 6.45) is 1.93. The van der Waals surface area contributed by atoms with Gasteiger partial charge in [0.25, 0.3) is 0 Å². The first kappa shape index (κ1) is 7.35. The first-order valence-corrected chi connectivity index (χ1v) is 4.05. The molecule has 2 atom stereocenters. The van der Waals surface area contributed by atoms with Crippen LogP contribution in [0, 0.1) is 5.92 Å². The van der Waals surface area contributed by atoms with Crippen LogP contribution in [0.5, 0.6) is 5.75 Å². The average Bonchev–Trinajstić information content (AvgIpc) is 2.83. The number of hydrogen-bond donors (Lipinski definition) is 1. The third-order valence-electron chi connectivity index (χ3n) is 2.31. The van der Waals surface area contributed by atoms with Gasteiger partial charge in [0.15, 0.2) is 0 Å². The predicted octanol–water partition coefficient (Wildman–Crippen LogP) is 1.69. The van der Waals surface area contributed by atoms with Crippen molar-refractivity contribution < 1.29 is 9.90 Å². The molecule has 0 spiro atoms. The largest absolute Gasteiger partial charge is 0.508 e. The lowest BCUT2D eigenvalue weighted by Gasteiger charge is -1.97. The van der Waals surface area contributed by atoms with Crippen molar-refractivity contribution in [3.63, 3.8) is 0 Å². The van der Waals surface area contributed by atoms with Crippen molar-refractivity contribution in [1.29, 1.82) is 0 Å². The minimum Gasteiger partial charge on any atom is -0.508 e. The van der Waals surface area contributed by atoms with Crippen LogP contribution in [0.1, 0.15) is 17.9 Å². The Morgan fingerprint density at radius 3 is 2.92 bits per heavy atom. The number of aromatic hydroxyl groups is 1. The van der Waals surface area contributed by atoms with E-state index in [-0.39, 0.29) is 11.7 Å². The van der Waals surface area contributed by atoms with E-state index in [1.54, 1.807) is 12.1 Å². The van der Waals surface area contributed by atoms with Gasteiger partial charge in [-0.25, -0.2) is 0 Å². The molecule has 62 valence electrons. The van der Waals surface area contributed by atoms with E-state index in [1.807, 2.05) is 12.1 Å². The van der Waals surface area contributed by atoms with Gasteiger partial charge in [0.1, 0.15) is 12.0 Å². The molecule has 0 bridgehead atoms. The standard InChI is InChI=1S/C10H10O2/c11-6-8-5-10(8)7-2-1-3-9(12)4-7/h1-4,6,8,10,12H,5H2. The number of aldehydes is 1. The summed E-state index contributed by atoms with van der Waals surface area (Å²) >= 11 is 0. The van der Waals surface area contributed by atoms with Crippen LogP contribution < -0.4 is 0 Å². The number of rotatable bonds is 2. The fourth-order valence-electron chi connectivity index (χ4n) is 1.50. The van der Waals surface area contributed by atoms with Crippen molar-refractivity contribution >= 4 is 6.29 Å². The fourth-order valence-corrected chi connectivity index (χ4v) is 1.50. The van der Waals surface area contributed by atoms with E-state index in [1.165, 1.54) is 0 Å². The smallest absolute Gasteiger partial charge is 0.123 e. The van der Waals surface area contributed by atoms with Gasteiger partial charge in [-0.2, -0.15) is 0 Å². The average molecular weight is 162 g/mol. The second-order valence-corrected chi connectivity index (χ2v) is 3.24. The molecule has 1 aromatic carbocycles. The third-order valence-corrected chi connectivity index (χ3v) is 2.31. The van der Waals surface area contributed by atoms with Crippen molar-refractivity contribution in [3.8, 4) is 5.75 Å². The summed E-state index contributed by atoms with van der Waals surface area (Å²) in [5, 5.41) is 9.16. The summed E-state index contributed by atoms with van der Waals surface area (Å²) in [6, 6.07) is 7.13. The molecule has 1 saturated carbocycles. The Bertz CT molecular complexity index is 306. The van der Waals surface area contributed by atoms with Gasteiger partial charge in [0.05, 0.1) is 0 Å². The van der Waals surface area contributed by atoms with E-state index in [4.69, 9.17) is 5.11 Å². The lowest BCUT2D eigenvalue weighted by Crippen LogP contribution is -1.83. The number of phenolic OH excluding ortho intramolecular Hbond substituents is 1. The molecule has 2 rings (SSSR count). The minimum atomic E-state index is 0.187. The molecule has 2 heteroatoms. The predicted molar refractivity (Wildman–Crippen MR) is 45.0 cm³/mol. The lowest BCUT2D eigenvalue weighted by molar-refractivity contribution is -0.108. The molecule has 1 aliphatic rings. The van der Waals surface area contributed by atoms with Crippen molar-refractivity contribution in [2.45, 2.75) is 12.3 Å². The van der Waals surface area contributed by atoms with Crippen LogP contribution in [0.4, 0.5) is 0 Å². The summed E-state index contributed by atoms with van der Waals surface area (Å²) < 4.78 is 0. The second kappa shape index (κ2) is 2.63. The fraction of sp³-hybridized carbons (Fsp3) is 0.300. The molecule has 0 amide bonds. The van der Waals surface area contributed by atoms with Crippen LogP contribution in [-0.2, 0) is 4.79 Å². The molecule has 0 saturated heterocycles. The highest BCUT2D eigenvalue weighted by Gasteiger charge is 2.37. The SMILES string of the molecule is O=CC1CC1c1cccc(O)c1. The highest BCUT2D eigenvalue weighted by atomic mass is 16.3. The zero-order chi connectivity index (χ0) is 8.55. The van der Waals surface area contributed by atoms with Crippen LogP contribution in [0.25, 0.3) is 0 Å². The van der Waals surface area contributed by atoms with Gasteiger partial charge in [-0.3, -0.25) is 0 Å². The molecule has 2 nitrogen and oxygen atoms in total. The quantitative estimate of drug-likeness (QED) is 0.672. The molecule has 0 heterocycles. The van der Waals surface area contributed by atoms with Gasteiger partial charge in [0.2, 0.25) is 0 Å². The molecule has 2 unspecified atom stereocenters. The van der Waals surface area contributed by atoms with Gasteiger partial charge < -0.3 is 9.90 Å². The lowest BCUT2D eigenvalue weighted by atomic mass is 10.1. The summed E-state index contributed by atoms with van der Waals surface area (Å²) in [6.45, 7) is 0. The summed E-state index contributed by atoms with van der Waals surface area (Å²) in [7, 11) is 0. The van der Waals surface area contributed by atoms with Crippen LogP contribution in [0.2, 0.25) is 0 Å². The maximum atomic E-state index is 10.4. The van der Waals surface area contributed by atoms with Crippen LogP contribution in [0.15, 0.2) is 24.3 Å². The number of phenols is 1. The second-order valence-electron chi connectivity index (χ2n) is 3.24. The molecular weight excluding hydrogens is 152 g/mol. The van der Waals surface area contributed by atoms with Gasteiger partial charge in [0, 0.05) is 5.92 Å². The van der Waals surface area contributed by atoms with Gasteiger partial charge in [-0.05, 0) is 30.0 Å². The first-order valence-electron chi connectivity index (χ1n) is 4.05. The summed E-state index contributed by atoms with van der Waals surface area (Å²) in [4.78, 5) is 10.4. The molecule has 1 N–H and O–H groups in total. The Morgan fingerprint density at radius 2 is 2.33 bits per heavy atom. The Hall–Kier alpha value is -1.31. The van der Waals surface area contributed by atoms with Gasteiger partial charge >= 0.3 is 0 Å². The number of benzene rings is 1. The molecule has 0 radical (unpaired) electrons. The molecule has 1 aliphatic carbocycles. The molecule has 0 aliphatic heterocycles. The third kappa shape index (κ3) is 1.20. The minimum absolute atomic E-state index is 0.187. The number of carbonyl (C=O) groups excluding carboxylic acids is 1. The van der Waals surface area contributed by atoms with Crippen molar-refractivity contribution in [2.75, 3.05) is 0 Å². The number of carbonyl (C=O) groups is 1. The molecule has 1 aromatic rings. The first-order chi connectivity index (χ1) is 5.81. The summed E-state index contributed by atoms with van der Waals surface area (Å²) in [5.74, 6) is 0.824. The van der Waals surface area contributed by atoms with Crippen LogP contribution in [0.3, 0.4) is 0 Å². The Kier molecular flexibility index (Phi) is 1.61. The topological polar surface area (TPSA) is 37.3 Å².